The standard InChI is InChI=1S/C17H19NO3/c1-3-18-15(11-16(19)21-2)17(20)14-9-8-12-6-4-5-7-13(12)10-14/h4-10,15,18H,3,11H2,1-2H3. The van der Waals surface area contributed by atoms with Crippen LogP contribution in [0.5, 0.6) is 0 Å². The molecule has 4 heteroatoms. The monoisotopic (exact) mass is 285 g/mol. The van der Waals surface area contributed by atoms with Gasteiger partial charge in [0.05, 0.1) is 19.6 Å². The molecule has 0 saturated heterocycles. The van der Waals surface area contributed by atoms with Gasteiger partial charge in [-0.2, -0.15) is 0 Å². The Morgan fingerprint density at radius 1 is 1.14 bits per heavy atom. The lowest BCUT2D eigenvalue weighted by Gasteiger charge is -2.15. The summed E-state index contributed by atoms with van der Waals surface area (Å²) in [6.45, 7) is 2.51. The molecule has 21 heavy (non-hydrogen) atoms. The molecule has 2 rings (SSSR count). The van der Waals surface area contributed by atoms with Crippen LogP contribution in [0.4, 0.5) is 0 Å². The summed E-state index contributed by atoms with van der Waals surface area (Å²) in [6, 6.07) is 12.9. The summed E-state index contributed by atoms with van der Waals surface area (Å²) in [5, 5.41) is 5.14. The van der Waals surface area contributed by atoms with Crippen LogP contribution in [0, 0.1) is 0 Å². The van der Waals surface area contributed by atoms with Gasteiger partial charge in [-0.15, -0.1) is 0 Å². The normalized spacial score (nSPS) is 12.1. The van der Waals surface area contributed by atoms with Crippen LogP contribution in [0.25, 0.3) is 10.8 Å². The van der Waals surface area contributed by atoms with Crippen molar-refractivity contribution in [2.45, 2.75) is 19.4 Å². The molecule has 1 unspecified atom stereocenters. The van der Waals surface area contributed by atoms with Gasteiger partial charge in [0.1, 0.15) is 0 Å². The minimum absolute atomic E-state index is 0.0377. The van der Waals surface area contributed by atoms with Crippen LogP contribution in [-0.4, -0.2) is 31.4 Å². The maximum absolute atomic E-state index is 12.6. The molecule has 0 heterocycles. The molecular formula is C17H19NO3. The quantitative estimate of drug-likeness (QED) is 0.654. The topological polar surface area (TPSA) is 55.4 Å². The predicted octanol–water partition coefficient (Wildman–Crippen LogP) is 2.56. The number of esters is 1. The van der Waals surface area contributed by atoms with E-state index in [1.807, 2.05) is 43.3 Å². The Labute approximate surface area is 124 Å². The van der Waals surface area contributed by atoms with Crippen molar-refractivity contribution in [3.8, 4) is 0 Å². The van der Waals surface area contributed by atoms with Crippen molar-refractivity contribution in [2.24, 2.45) is 0 Å². The fourth-order valence-electron chi connectivity index (χ4n) is 2.30. The van der Waals surface area contributed by atoms with E-state index in [9.17, 15) is 9.59 Å². The minimum atomic E-state index is -0.552. The fourth-order valence-corrected chi connectivity index (χ4v) is 2.30. The molecule has 0 spiro atoms. The summed E-state index contributed by atoms with van der Waals surface area (Å²) in [5.41, 5.74) is 0.601. The number of nitrogens with one attached hydrogen (secondary N) is 1. The molecule has 4 nitrogen and oxygen atoms in total. The molecule has 2 aromatic carbocycles. The second-order valence-corrected chi connectivity index (χ2v) is 4.82. The Kier molecular flexibility index (Phi) is 5.06. The van der Waals surface area contributed by atoms with Crippen LogP contribution < -0.4 is 5.32 Å². The first-order chi connectivity index (χ1) is 10.2. The van der Waals surface area contributed by atoms with Gasteiger partial charge in [0.15, 0.2) is 5.78 Å². The van der Waals surface area contributed by atoms with Crippen molar-refractivity contribution in [3.63, 3.8) is 0 Å². The molecule has 0 aromatic heterocycles. The van der Waals surface area contributed by atoms with Gasteiger partial charge >= 0.3 is 5.97 Å². The summed E-state index contributed by atoms with van der Waals surface area (Å²) < 4.78 is 4.65. The summed E-state index contributed by atoms with van der Waals surface area (Å²) in [5.74, 6) is -0.483. The molecule has 0 fully saturated rings. The second-order valence-electron chi connectivity index (χ2n) is 4.82. The first kappa shape index (κ1) is 15.2. The van der Waals surface area contributed by atoms with Crippen LogP contribution in [0.3, 0.4) is 0 Å². The Bertz CT molecular complexity index is 651. The van der Waals surface area contributed by atoms with Crippen LogP contribution in [0.15, 0.2) is 42.5 Å². The Balaban J connectivity index is 2.27. The zero-order valence-corrected chi connectivity index (χ0v) is 12.3. The maximum atomic E-state index is 12.6. The van der Waals surface area contributed by atoms with Gasteiger partial charge < -0.3 is 10.1 Å². The number of Topliss-reactive ketones (excluding diaryl/α,β-unsaturated/α-hetero) is 1. The average molecular weight is 285 g/mol. The molecule has 0 radical (unpaired) electrons. The highest BCUT2D eigenvalue weighted by molar-refractivity contribution is 6.04. The second kappa shape index (κ2) is 6.99. The van der Waals surface area contributed by atoms with Crippen molar-refractivity contribution >= 4 is 22.5 Å². The first-order valence-corrected chi connectivity index (χ1v) is 6.99. The lowest BCUT2D eigenvalue weighted by molar-refractivity contribution is -0.140. The SMILES string of the molecule is CCNC(CC(=O)OC)C(=O)c1ccc2ccccc2c1. The molecule has 1 atom stereocenters. The molecule has 110 valence electrons. The van der Waals surface area contributed by atoms with Gasteiger partial charge in [-0.25, -0.2) is 0 Å². The highest BCUT2D eigenvalue weighted by Gasteiger charge is 2.22. The number of carbonyl (C=O) groups is 2. The third-order valence-electron chi connectivity index (χ3n) is 3.40. The summed E-state index contributed by atoms with van der Waals surface area (Å²) in [4.78, 5) is 24.0. The van der Waals surface area contributed by atoms with Crippen molar-refractivity contribution in [1.82, 2.24) is 5.32 Å². The third kappa shape index (κ3) is 3.67. The summed E-state index contributed by atoms with van der Waals surface area (Å²) in [6.07, 6.45) is 0.0377. The smallest absolute Gasteiger partial charge is 0.307 e. The van der Waals surface area contributed by atoms with Gasteiger partial charge in [0.2, 0.25) is 0 Å². The van der Waals surface area contributed by atoms with E-state index < -0.39 is 12.0 Å². The highest BCUT2D eigenvalue weighted by Crippen LogP contribution is 2.17. The van der Waals surface area contributed by atoms with E-state index in [0.29, 0.717) is 12.1 Å². The number of benzene rings is 2. The van der Waals surface area contributed by atoms with E-state index in [-0.39, 0.29) is 12.2 Å². The number of fused-ring (bicyclic) bond motifs is 1. The van der Waals surface area contributed by atoms with Crippen molar-refractivity contribution < 1.29 is 14.3 Å². The third-order valence-corrected chi connectivity index (χ3v) is 3.40. The lowest BCUT2D eigenvalue weighted by Crippen LogP contribution is -2.38. The zero-order valence-electron chi connectivity index (χ0n) is 12.3. The molecular weight excluding hydrogens is 266 g/mol. The molecule has 0 aliphatic heterocycles. The number of carbonyl (C=O) groups excluding carboxylic acids is 2. The van der Waals surface area contributed by atoms with E-state index >= 15 is 0 Å². The number of hydrogen-bond donors (Lipinski definition) is 1. The van der Waals surface area contributed by atoms with Crippen molar-refractivity contribution in [3.05, 3.63) is 48.0 Å². The predicted molar refractivity (Wildman–Crippen MR) is 82.4 cm³/mol. The van der Waals surface area contributed by atoms with Crippen molar-refractivity contribution in [2.75, 3.05) is 13.7 Å². The fraction of sp³-hybridized carbons (Fsp3) is 0.294. The van der Waals surface area contributed by atoms with Crippen LogP contribution >= 0.6 is 0 Å². The average Bonchev–Trinajstić information content (AvgIpc) is 2.53. The lowest BCUT2D eigenvalue weighted by atomic mass is 9.98. The number of rotatable bonds is 6. The van der Waals surface area contributed by atoms with Crippen LogP contribution in [-0.2, 0) is 9.53 Å². The molecule has 0 bridgehead atoms. The van der Waals surface area contributed by atoms with Gasteiger partial charge in [0.25, 0.3) is 0 Å². The Hall–Kier alpha value is -2.20. The zero-order chi connectivity index (χ0) is 15.2. The molecule has 1 N–H and O–H groups in total. The molecule has 0 amide bonds. The summed E-state index contributed by atoms with van der Waals surface area (Å²) >= 11 is 0. The van der Waals surface area contributed by atoms with E-state index in [4.69, 9.17) is 0 Å². The van der Waals surface area contributed by atoms with Gasteiger partial charge in [-0.3, -0.25) is 9.59 Å². The largest absolute Gasteiger partial charge is 0.469 e. The van der Waals surface area contributed by atoms with E-state index in [2.05, 4.69) is 10.1 Å². The number of hydrogen-bond acceptors (Lipinski definition) is 4. The first-order valence-electron chi connectivity index (χ1n) is 6.99. The highest BCUT2D eigenvalue weighted by atomic mass is 16.5. The number of ether oxygens (including phenoxy) is 1. The molecule has 2 aromatic rings. The minimum Gasteiger partial charge on any atom is -0.469 e. The van der Waals surface area contributed by atoms with E-state index in [1.54, 1.807) is 6.07 Å². The van der Waals surface area contributed by atoms with E-state index in [0.717, 1.165) is 10.8 Å². The van der Waals surface area contributed by atoms with Crippen LogP contribution in [0.2, 0.25) is 0 Å². The maximum Gasteiger partial charge on any atom is 0.307 e. The molecule has 0 aliphatic carbocycles. The van der Waals surface area contributed by atoms with E-state index in [1.165, 1.54) is 7.11 Å². The van der Waals surface area contributed by atoms with Gasteiger partial charge in [-0.1, -0.05) is 43.3 Å². The molecule has 0 aliphatic rings. The van der Waals surface area contributed by atoms with Crippen LogP contribution in [0.1, 0.15) is 23.7 Å². The molecule has 0 saturated carbocycles. The Morgan fingerprint density at radius 2 is 1.86 bits per heavy atom. The Morgan fingerprint density at radius 3 is 2.52 bits per heavy atom. The number of methoxy groups -OCH3 is 1. The van der Waals surface area contributed by atoms with Crippen molar-refractivity contribution in [1.29, 1.82) is 0 Å². The number of likely N-dealkylation sites (N-methyl/N-ethyl adjacent to an activating group) is 1. The van der Waals surface area contributed by atoms with Gasteiger partial charge in [-0.05, 0) is 23.4 Å². The van der Waals surface area contributed by atoms with Gasteiger partial charge in [0, 0.05) is 5.56 Å². The summed E-state index contributed by atoms with van der Waals surface area (Å²) in [7, 11) is 1.33. The number of ketones is 1.